The van der Waals surface area contributed by atoms with E-state index in [0.29, 0.717) is 12.8 Å². The molecule has 2 rings (SSSR count). The number of nitrogens with zero attached hydrogens (tertiary/aromatic N) is 1. The van der Waals surface area contributed by atoms with Gasteiger partial charge in [0.15, 0.2) is 0 Å². The molecular formula is C14H15IN2O. The Hall–Kier alpha value is -1.09. The molecule has 0 saturated heterocycles. The zero-order chi connectivity index (χ0) is 13.2. The van der Waals surface area contributed by atoms with Crippen molar-refractivity contribution in [2.75, 3.05) is 5.32 Å². The lowest BCUT2D eigenvalue weighted by Gasteiger charge is -2.19. The van der Waals surface area contributed by atoms with Crippen molar-refractivity contribution in [3.8, 4) is 6.07 Å². The lowest BCUT2D eigenvalue weighted by Crippen LogP contribution is -2.32. The molecule has 3 nitrogen and oxygen atoms in total. The Bertz CT molecular complexity index is 513. The second-order valence-electron chi connectivity index (χ2n) is 4.82. The van der Waals surface area contributed by atoms with Crippen LogP contribution in [0, 0.1) is 27.2 Å². The number of nitrogens with one attached hydrogen (secondary N) is 1. The third-order valence-electron chi connectivity index (χ3n) is 3.54. The summed E-state index contributed by atoms with van der Waals surface area (Å²) < 4.78 is 1.11. The van der Waals surface area contributed by atoms with E-state index < -0.39 is 5.41 Å². The van der Waals surface area contributed by atoms with Gasteiger partial charge in [-0.1, -0.05) is 18.9 Å². The maximum absolute atomic E-state index is 12.2. The molecule has 0 unspecified atom stereocenters. The Labute approximate surface area is 121 Å². The third-order valence-corrected chi connectivity index (χ3v) is 4.70. The van der Waals surface area contributed by atoms with Crippen LogP contribution in [0.25, 0.3) is 0 Å². The summed E-state index contributed by atoms with van der Waals surface area (Å²) in [7, 11) is 0. The number of rotatable bonds is 2. The number of hydrogen-bond acceptors (Lipinski definition) is 2. The summed E-state index contributed by atoms with van der Waals surface area (Å²) in [4.78, 5) is 12.2. The molecule has 1 amide bonds. The van der Waals surface area contributed by atoms with Crippen molar-refractivity contribution in [1.29, 1.82) is 5.26 Å². The molecule has 1 fully saturated rings. The van der Waals surface area contributed by atoms with Gasteiger partial charge in [0.05, 0.1) is 6.07 Å². The molecule has 1 aliphatic carbocycles. The highest BCUT2D eigenvalue weighted by molar-refractivity contribution is 14.1. The Balaban J connectivity index is 2.16. The fourth-order valence-electron chi connectivity index (χ4n) is 2.29. The highest BCUT2D eigenvalue weighted by Gasteiger charge is 2.41. The number of amides is 1. The first-order valence-electron chi connectivity index (χ1n) is 6.06. The maximum atomic E-state index is 12.2. The highest BCUT2D eigenvalue weighted by Crippen LogP contribution is 2.38. The molecule has 4 heteroatoms. The van der Waals surface area contributed by atoms with Gasteiger partial charge in [-0.3, -0.25) is 4.79 Å². The number of anilines is 1. The van der Waals surface area contributed by atoms with Crippen LogP contribution in [0.1, 0.15) is 31.2 Å². The molecular weight excluding hydrogens is 339 g/mol. The lowest BCUT2D eigenvalue weighted by atomic mass is 9.87. The van der Waals surface area contributed by atoms with E-state index in [9.17, 15) is 10.1 Å². The summed E-state index contributed by atoms with van der Waals surface area (Å²) in [5, 5.41) is 12.1. The molecule has 0 spiro atoms. The molecule has 0 bridgehead atoms. The largest absolute Gasteiger partial charge is 0.325 e. The van der Waals surface area contributed by atoms with Gasteiger partial charge in [-0.05, 0) is 60.1 Å². The molecule has 1 saturated carbocycles. The van der Waals surface area contributed by atoms with Crippen molar-refractivity contribution in [3.05, 3.63) is 27.3 Å². The van der Waals surface area contributed by atoms with Gasteiger partial charge in [0.25, 0.3) is 0 Å². The first-order chi connectivity index (χ1) is 8.57. The predicted molar refractivity (Wildman–Crippen MR) is 79.0 cm³/mol. The van der Waals surface area contributed by atoms with Crippen LogP contribution in [0.15, 0.2) is 18.2 Å². The predicted octanol–water partition coefficient (Wildman–Crippen LogP) is 3.62. The summed E-state index contributed by atoms with van der Waals surface area (Å²) in [5.41, 5.74) is 1.15. The second kappa shape index (κ2) is 5.27. The van der Waals surface area contributed by atoms with Crippen molar-refractivity contribution in [1.82, 2.24) is 0 Å². The van der Waals surface area contributed by atoms with E-state index in [0.717, 1.165) is 22.1 Å². The molecule has 0 aromatic heterocycles. The lowest BCUT2D eigenvalue weighted by molar-refractivity contribution is -0.122. The van der Waals surface area contributed by atoms with Crippen molar-refractivity contribution in [3.63, 3.8) is 0 Å². The van der Waals surface area contributed by atoms with Gasteiger partial charge in [-0.2, -0.15) is 5.26 Å². The number of benzene rings is 1. The van der Waals surface area contributed by atoms with Crippen molar-refractivity contribution >= 4 is 34.2 Å². The quantitative estimate of drug-likeness (QED) is 0.825. The average molecular weight is 354 g/mol. The van der Waals surface area contributed by atoms with E-state index in [4.69, 9.17) is 0 Å². The van der Waals surface area contributed by atoms with E-state index in [2.05, 4.69) is 34.0 Å². The fourth-order valence-corrected chi connectivity index (χ4v) is 2.80. The molecule has 0 heterocycles. The summed E-state index contributed by atoms with van der Waals surface area (Å²) in [6.07, 6.45) is 3.29. The Kier molecular flexibility index (Phi) is 3.91. The van der Waals surface area contributed by atoms with Crippen LogP contribution in [-0.2, 0) is 4.79 Å². The smallest absolute Gasteiger partial charge is 0.244 e. The van der Waals surface area contributed by atoms with Crippen LogP contribution in [0.3, 0.4) is 0 Å². The molecule has 18 heavy (non-hydrogen) atoms. The van der Waals surface area contributed by atoms with Gasteiger partial charge >= 0.3 is 0 Å². The third kappa shape index (κ3) is 2.51. The average Bonchev–Trinajstić information content (AvgIpc) is 2.84. The van der Waals surface area contributed by atoms with Gasteiger partial charge in [0, 0.05) is 9.26 Å². The van der Waals surface area contributed by atoms with Crippen molar-refractivity contribution < 1.29 is 4.79 Å². The maximum Gasteiger partial charge on any atom is 0.244 e. The van der Waals surface area contributed by atoms with Crippen LogP contribution in [-0.4, -0.2) is 5.91 Å². The van der Waals surface area contributed by atoms with E-state index in [1.807, 2.05) is 25.1 Å². The number of hydrogen-bond donors (Lipinski definition) is 1. The van der Waals surface area contributed by atoms with Gasteiger partial charge in [-0.25, -0.2) is 0 Å². The van der Waals surface area contributed by atoms with Crippen LogP contribution < -0.4 is 5.32 Å². The number of carbonyl (C=O) groups excluding carboxylic acids is 1. The minimum Gasteiger partial charge on any atom is -0.325 e. The van der Waals surface area contributed by atoms with Crippen molar-refractivity contribution in [2.24, 2.45) is 5.41 Å². The number of nitriles is 1. The van der Waals surface area contributed by atoms with Crippen LogP contribution in [0.2, 0.25) is 0 Å². The highest BCUT2D eigenvalue weighted by atomic mass is 127. The van der Waals surface area contributed by atoms with Gasteiger partial charge < -0.3 is 5.32 Å². The van der Waals surface area contributed by atoms with Gasteiger partial charge in [0.2, 0.25) is 5.91 Å². The summed E-state index contributed by atoms with van der Waals surface area (Å²) in [6, 6.07) is 8.01. The summed E-state index contributed by atoms with van der Waals surface area (Å²) >= 11 is 2.24. The molecule has 0 radical (unpaired) electrons. The topological polar surface area (TPSA) is 52.9 Å². The number of carbonyl (C=O) groups is 1. The van der Waals surface area contributed by atoms with Crippen LogP contribution >= 0.6 is 22.6 Å². The summed E-state index contributed by atoms with van der Waals surface area (Å²) in [5.74, 6) is -0.151. The minimum absolute atomic E-state index is 0.151. The van der Waals surface area contributed by atoms with E-state index >= 15 is 0 Å². The number of aryl methyl sites for hydroxylation is 1. The van der Waals surface area contributed by atoms with Crippen LogP contribution in [0.4, 0.5) is 5.69 Å². The van der Waals surface area contributed by atoms with E-state index in [-0.39, 0.29) is 5.91 Å². The summed E-state index contributed by atoms with van der Waals surface area (Å²) in [6.45, 7) is 2.03. The molecule has 94 valence electrons. The second-order valence-corrected chi connectivity index (χ2v) is 5.98. The van der Waals surface area contributed by atoms with E-state index in [1.54, 1.807) is 0 Å². The zero-order valence-electron chi connectivity index (χ0n) is 10.3. The SMILES string of the molecule is Cc1ccc(NC(=O)C2(C#N)CCCC2)cc1I. The Morgan fingerprint density at radius 2 is 2.11 bits per heavy atom. The zero-order valence-corrected chi connectivity index (χ0v) is 12.5. The Morgan fingerprint density at radius 3 is 2.67 bits per heavy atom. The normalized spacial score (nSPS) is 17.2. The molecule has 0 aliphatic heterocycles. The molecule has 1 aromatic rings. The molecule has 1 N–H and O–H groups in total. The molecule has 1 aromatic carbocycles. The van der Waals surface area contributed by atoms with Crippen molar-refractivity contribution in [2.45, 2.75) is 32.6 Å². The van der Waals surface area contributed by atoms with Gasteiger partial charge in [-0.15, -0.1) is 0 Å². The number of halogens is 1. The first-order valence-corrected chi connectivity index (χ1v) is 7.14. The Morgan fingerprint density at radius 1 is 1.44 bits per heavy atom. The van der Waals surface area contributed by atoms with E-state index in [1.165, 1.54) is 5.56 Å². The minimum atomic E-state index is -0.809. The molecule has 0 atom stereocenters. The monoisotopic (exact) mass is 354 g/mol. The fraction of sp³-hybridized carbons (Fsp3) is 0.429. The van der Waals surface area contributed by atoms with Gasteiger partial charge in [0.1, 0.15) is 5.41 Å². The molecule has 1 aliphatic rings. The first kappa shape index (κ1) is 13.3. The van der Waals surface area contributed by atoms with Crippen LogP contribution in [0.5, 0.6) is 0 Å². The standard InChI is InChI=1S/C14H15IN2O/c1-10-4-5-11(8-12(10)15)17-13(18)14(9-16)6-2-3-7-14/h4-5,8H,2-3,6-7H2,1H3,(H,17,18).